The summed E-state index contributed by atoms with van der Waals surface area (Å²) in [6, 6.07) is 8.88. The molecule has 1 aromatic heterocycles. The summed E-state index contributed by atoms with van der Waals surface area (Å²) in [6.45, 7) is 3.68. The second-order valence-electron chi connectivity index (χ2n) is 7.01. The van der Waals surface area contributed by atoms with Gasteiger partial charge in [0.05, 0.1) is 23.3 Å². The van der Waals surface area contributed by atoms with Gasteiger partial charge in [0.1, 0.15) is 5.76 Å². The molecule has 1 aliphatic rings. The van der Waals surface area contributed by atoms with Crippen molar-refractivity contribution in [2.75, 3.05) is 13.4 Å². The number of nitrogens with zero attached hydrogens (tertiary/aromatic N) is 1. The number of fused-ring (bicyclic) bond motifs is 3. The molecule has 0 radical (unpaired) electrons. The Hall–Kier alpha value is -2.93. The summed E-state index contributed by atoms with van der Waals surface area (Å²) in [5.41, 5.74) is 6.38. The SMILES string of the molecule is COC(=O)c1cc(-c2c(C)noc2C)cc2c1Cc1cc(S(C)(=O)=O)ccc1-2. The minimum Gasteiger partial charge on any atom is -0.465 e. The van der Waals surface area contributed by atoms with Crippen molar-refractivity contribution >= 4 is 15.8 Å². The van der Waals surface area contributed by atoms with Crippen LogP contribution in [0.2, 0.25) is 0 Å². The van der Waals surface area contributed by atoms with Gasteiger partial charge < -0.3 is 9.26 Å². The van der Waals surface area contributed by atoms with Crippen LogP contribution in [0.25, 0.3) is 22.3 Å². The van der Waals surface area contributed by atoms with Gasteiger partial charge in [-0.1, -0.05) is 11.2 Å². The Kier molecular flexibility index (Phi) is 4.15. The fourth-order valence-corrected chi connectivity index (χ4v) is 4.51. The Bertz CT molecular complexity index is 1220. The highest BCUT2D eigenvalue weighted by atomic mass is 32.2. The molecule has 7 heteroatoms. The third kappa shape index (κ3) is 2.82. The fourth-order valence-electron chi connectivity index (χ4n) is 3.83. The van der Waals surface area contributed by atoms with Gasteiger partial charge in [0, 0.05) is 11.8 Å². The van der Waals surface area contributed by atoms with Gasteiger partial charge in [-0.25, -0.2) is 13.2 Å². The van der Waals surface area contributed by atoms with E-state index in [0.29, 0.717) is 17.7 Å². The van der Waals surface area contributed by atoms with Gasteiger partial charge >= 0.3 is 5.97 Å². The quantitative estimate of drug-likeness (QED) is 0.490. The van der Waals surface area contributed by atoms with Gasteiger partial charge in [-0.05, 0) is 72.4 Å². The third-order valence-electron chi connectivity index (χ3n) is 5.14. The number of carbonyl (C=O) groups excluding carboxylic acids is 1. The topological polar surface area (TPSA) is 86.5 Å². The van der Waals surface area contributed by atoms with Gasteiger partial charge in [-0.15, -0.1) is 0 Å². The van der Waals surface area contributed by atoms with Gasteiger partial charge in [0.2, 0.25) is 0 Å². The van der Waals surface area contributed by atoms with E-state index in [0.717, 1.165) is 39.1 Å². The minimum absolute atomic E-state index is 0.268. The van der Waals surface area contributed by atoms with Crippen LogP contribution in [-0.2, 0) is 21.0 Å². The molecule has 144 valence electrons. The zero-order valence-electron chi connectivity index (χ0n) is 16.0. The Morgan fingerprint density at radius 2 is 1.89 bits per heavy atom. The molecule has 0 bridgehead atoms. The number of carbonyl (C=O) groups is 1. The number of esters is 1. The molecule has 0 N–H and O–H groups in total. The maximum Gasteiger partial charge on any atom is 0.338 e. The molecule has 3 aromatic rings. The highest BCUT2D eigenvalue weighted by molar-refractivity contribution is 7.90. The number of sulfone groups is 1. The Morgan fingerprint density at radius 3 is 2.50 bits per heavy atom. The first-order valence-electron chi connectivity index (χ1n) is 8.72. The molecule has 1 aliphatic carbocycles. The lowest BCUT2D eigenvalue weighted by Crippen LogP contribution is -2.06. The first kappa shape index (κ1) is 18.4. The van der Waals surface area contributed by atoms with Gasteiger partial charge in [-0.3, -0.25) is 0 Å². The lowest BCUT2D eigenvalue weighted by molar-refractivity contribution is 0.0600. The molecule has 0 atom stereocenters. The number of ether oxygens (including phenoxy) is 1. The van der Waals surface area contributed by atoms with Crippen molar-refractivity contribution in [2.45, 2.75) is 25.2 Å². The molecule has 0 unspecified atom stereocenters. The highest BCUT2D eigenvalue weighted by Gasteiger charge is 2.28. The van der Waals surface area contributed by atoms with E-state index in [1.54, 1.807) is 24.3 Å². The Morgan fingerprint density at radius 1 is 1.14 bits per heavy atom. The number of rotatable bonds is 3. The predicted molar refractivity (Wildman–Crippen MR) is 104 cm³/mol. The van der Waals surface area contributed by atoms with Crippen LogP contribution in [-0.4, -0.2) is 32.9 Å². The van der Waals surface area contributed by atoms with Crippen molar-refractivity contribution in [2.24, 2.45) is 0 Å². The maximum atomic E-state index is 12.5. The van der Waals surface area contributed by atoms with E-state index in [9.17, 15) is 13.2 Å². The zero-order valence-corrected chi connectivity index (χ0v) is 16.8. The number of methoxy groups -OCH3 is 1. The minimum atomic E-state index is -3.31. The predicted octanol–water partition coefficient (Wildman–Crippen LogP) is 3.72. The second-order valence-corrected chi connectivity index (χ2v) is 9.02. The third-order valence-corrected chi connectivity index (χ3v) is 6.25. The fraction of sp³-hybridized carbons (Fsp3) is 0.238. The van der Waals surface area contributed by atoms with E-state index in [1.807, 2.05) is 19.9 Å². The lowest BCUT2D eigenvalue weighted by Gasteiger charge is -2.11. The molecule has 0 amide bonds. The van der Waals surface area contributed by atoms with Gasteiger partial charge in [-0.2, -0.15) is 0 Å². The lowest BCUT2D eigenvalue weighted by atomic mass is 9.93. The molecule has 0 aliphatic heterocycles. The largest absolute Gasteiger partial charge is 0.465 e. The average Bonchev–Trinajstić information content (AvgIpc) is 3.18. The Labute approximate surface area is 163 Å². The standard InChI is InChI=1S/C21H19NO5S/c1-11-20(12(2)27-22-11)14-9-17-16-6-5-15(28(4,24)25)7-13(16)8-18(17)19(10-14)21(23)26-3/h5-7,9-10H,8H2,1-4H3. The number of benzene rings is 2. The Balaban J connectivity index is 1.97. The maximum absolute atomic E-state index is 12.5. The molecular weight excluding hydrogens is 378 g/mol. The number of aryl methyl sites for hydroxylation is 2. The zero-order chi connectivity index (χ0) is 20.2. The summed E-state index contributed by atoms with van der Waals surface area (Å²) < 4.78 is 34.1. The summed E-state index contributed by atoms with van der Waals surface area (Å²) in [5, 5.41) is 4.01. The highest BCUT2D eigenvalue weighted by Crippen LogP contribution is 2.43. The summed E-state index contributed by atoms with van der Waals surface area (Å²) in [6.07, 6.45) is 1.66. The molecule has 6 nitrogen and oxygen atoms in total. The summed E-state index contributed by atoms with van der Waals surface area (Å²) in [7, 11) is -1.96. The number of hydrogen-bond acceptors (Lipinski definition) is 6. The smallest absolute Gasteiger partial charge is 0.338 e. The van der Waals surface area contributed by atoms with Crippen LogP contribution in [0, 0.1) is 13.8 Å². The van der Waals surface area contributed by atoms with Gasteiger partial charge in [0.15, 0.2) is 9.84 Å². The molecule has 0 spiro atoms. The molecule has 4 rings (SSSR count). The van der Waals surface area contributed by atoms with Crippen LogP contribution in [0.5, 0.6) is 0 Å². The van der Waals surface area contributed by atoms with Crippen molar-refractivity contribution < 1.29 is 22.5 Å². The van der Waals surface area contributed by atoms with Crippen LogP contribution in [0.15, 0.2) is 39.8 Å². The second kappa shape index (κ2) is 6.31. The summed E-state index contributed by atoms with van der Waals surface area (Å²) in [4.78, 5) is 12.8. The molecule has 0 saturated carbocycles. The number of hydrogen-bond donors (Lipinski definition) is 0. The van der Waals surface area contributed by atoms with Crippen molar-refractivity contribution in [1.82, 2.24) is 5.16 Å². The molecule has 0 fully saturated rings. The molecule has 28 heavy (non-hydrogen) atoms. The van der Waals surface area contributed by atoms with Crippen LogP contribution in [0.4, 0.5) is 0 Å². The van der Waals surface area contributed by atoms with Crippen molar-refractivity contribution in [1.29, 1.82) is 0 Å². The van der Waals surface area contributed by atoms with Crippen molar-refractivity contribution in [3.05, 3.63) is 58.5 Å². The molecule has 0 saturated heterocycles. The van der Waals surface area contributed by atoms with Crippen molar-refractivity contribution in [3.63, 3.8) is 0 Å². The molecule has 2 aromatic carbocycles. The van der Waals surface area contributed by atoms with E-state index in [1.165, 1.54) is 13.4 Å². The van der Waals surface area contributed by atoms with E-state index in [4.69, 9.17) is 9.26 Å². The first-order chi connectivity index (χ1) is 13.2. The van der Waals surface area contributed by atoms with E-state index in [2.05, 4.69) is 5.16 Å². The van der Waals surface area contributed by atoms with Crippen LogP contribution in [0.3, 0.4) is 0 Å². The summed E-state index contributed by atoms with van der Waals surface area (Å²) >= 11 is 0. The van der Waals surface area contributed by atoms with Gasteiger partial charge in [0.25, 0.3) is 0 Å². The number of aromatic nitrogens is 1. The first-order valence-corrected chi connectivity index (χ1v) is 10.6. The average molecular weight is 397 g/mol. The van der Waals surface area contributed by atoms with Crippen LogP contribution < -0.4 is 0 Å². The van der Waals surface area contributed by atoms with Crippen LogP contribution in [0.1, 0.15) is 32.9 Å². The monoisotopic (exact) mass is 397 g/mol. The van der Waals surface area contributed by atoms with E-state index < -0.39 is 15.8 Å². The molecular formula is C21H19NO5S. The normalized spacial score (nSPS) is 12.6. The van der Waals surface area contributed by atoms with E-state index in [-0.39, 0.29) is 4.90 Å². The molecule has 1 heterocycles. The van der Waals surface area contributed by atoms with Crippen LogP contribution >= 0.6 is 0 Å². The van der Waals surface area contributed by atoms with E-state index >= 15 is 0 Å². The summed E-state index contributed by atoms with van der Waals surface area (Å²) in [5.74, 6) is 0.236. The van der Waals surface area contributed by atoms with Crippen molar-refractivity contribution in [3.8, 4) is 22.3 Å².